The zero-order valence-electron chi connectivity index (χ0n) is 13.5. The van der Waals surface area contributed by atoms with E-state index in [9.17, 15) is 0 Å². The number of ether oxygens (including phenoxy) is 2. The van der Waals surface area contributed by atoms with Gasteiger partial charge in [-0.25, -0.2) is 0 Å². The van der Waals surface area contributed by atoms with Gasteiger partial charge in [-0.15, -0.1) is 0 Å². The first-order chi connectivity index (χ1) is 10.3. The van der Waals surface area contributed by atoms with Crippen LogP contribution < -0.4 is 14.8 Å². The van der Waals surface area contributed by atoms with Crippen molar-refractivity contribution in [2.24, 2.45) is 0 Å². The van der Waals surface area contributed by atoms with Crippen molar-refractivity contribution < 1.29 is 9.47 Å². The summed E-state index contributed by atoms with van der Waals surface area (Å²) in [6, 6.07) is 6.94. The highest BCUT2D eigenvalue weighted by atomic mass is 16.5. The van der Waals surface area contributed by atoms with Crippen molar-refractivity contribution in [2.45, 2.75) is 38.8 Å². The third-order valence-corrected chi connectivity index (χ3v) is 4.17. The Balaban J connectivity index is 2.08. The average molecular weight is 292 g/mol. The Bertz CT molecular complexity index is 431. The van der Waals surface area contributed by atoms with E-state index in [4.69, 9.17) is 9.47 Å². The van der Waals surface area contributed by atoms with E-state index in [1.807, 2.05) is 6.07 Å². The zero-order chi connectivity index (χ0) is 15.1. The Morgan fingerprint density at radius 2 is 1.86 bits per heavy atom. The number of nitrogens with one attached hydrogen (secondary N) is 1. The van der Waals surface area contributed by atoms with Gasteiger partial charge in [0, 0.05) is 12.6 Å². The number of piperidine rings is 1. The summed E-state index contributed by atoms with van der Waals surface area (Å²) in [5.41, 5.74) is 1.29. The summed E-state index contributed by atoms with van der Waals surface area (Å²) in [6.07, 6.45) is 3.68. The van der Waals surface area contributed by atoms with Gasteiger partial charge in [0.25, 0.3) is 0 Å². The lowest BCUT2D eigenvalue weighted by Gasteiger charge is -2.34. The smallest absolute Gasteiger partial charge is 0.161 e. The Kier molecular flexibility index (Phi) is 6.33. The molecular weight excluding hydrogens is 264 g/mol. The summed E-state index contributed by atoms with van der Waals surface area (Å²) < 4.78 is 10.7. The van der Waals surface area contributed by atoms with Gasteiger partial charge < -0.3 is 14.8 Å². The second-order valence-electron chi connectivity index (χ2n) is 5.64. The number of benzene rings is 1. The molecule has 118 valence electrons. The quantitative estimate of drug-likeness (QED) is 0.838. The second-order valence-corrected chi connectivity index (χ2v) is 5.64. The summed E-state index contributed by atoms with van der Waals surface area (Å²) >= 11 is 0. The molecule has 0 amide bonds. The summed E-state index contributed by atoms with van der Waals surface area (Å²) in [6.45, 7) is 6.66. The standard InChI is InChI=1S/C17H28N2O2/c1-4-11-19(15-7-9-18-10-8-15)13-14-5-6-16(20-2)17(12-14)21-3/h5-6,12,15,18H,4,7-11,13H2,1-3H3. The zero-order valence-corrected chi connectivity index (χ0v) is 13.5. The van der Waals surface area contributed by atoms with E-state index in [-0.39, 0.29) is 0 Å². The molecule has 0 radical (unpaired) electrons. The maximum Gasteiger partial charge on any atom is 0.161 e. The summed E-state index contributed by atoms with van der Waals surface area (Å²) in [5.74, 6) is 1.61. The van der Waals surface area contributed by atoms with Crippen LogP contribution in [0.1, 0.15) is 31.7 Å². The van der Waals surface area contributed by atoms with Gasteiger partial charge in [-0.1, -0.05) is 13.0 Å². The third kappa shape index (κ3) is 4.35. The van der Waals surface area contributed by atoms with Crippen LogP contribution in [-0.4, -0.2) is 44.8 Å². The maximum atomic E-state index is 5.41. The number of nitrogens with zero attached hydrogens (tertiary/aromatic N) is 1. The molecule has 1 aliphatic heterocycles. The van der Waals surface area contributed by atoms with E-state index in [0.29, 0.717) is 6.04 Å². The Morgan fingerprint density at radius 1 is 1.14 bits per heavy atom. The minimum atomic E-state index is 0.694. The van der Waals surface area contributed by atoms with E-state index in [1.165, 1.54) is 24.8 Å². The molecule has 1 N–H and O–H groups in total. The molecule has 1 aromatic rings. The maximum absolute atomic E-state index is 5.41. The van der Waals surface area contributed by atoms with Crippen molar-refractivity contribution in [2.75, 3.05) is 33.9 Å². The van der Waals surface area contributed by atoms with Gasteiger partial charge in [0.05, 0.1) is 14.2 Å². The monoisotopic (exact) mass is 292 g/mol. The largest absolute Gasteiger partial charge is 0.493 e. The molecule has 1 aliphatic rings. The summed E-state index contributed by atoms with van der Waals surface area (Å²) in [5, 5.41) is 3.45. The van der Waals surface area contributed by atoms with E-state index in [0.717, 1.165) is 37.7 Å². The number of methoxy groups -OCH3 is 2. The van der Waals surface area contributed by atoms with Crippen LogP contribution >= 0.6 is 0 Å². The van der Waals surface area contributed by atoms with Crippen molar-refractivity contribution >= 4 is 0 Å². The molecule has 1 saturated heterocycles. The predicted octanol–water partition coefficient (Wildman–Crippen LogP) is 2.67. The van der Waals surface area contributed by atoms with Gasteiger partial charge in [0.2, 0.25) is 0 Å². The molecule has 21 heavy (non-hydrogen) atoms. The lowest BCUT2D eigenvalue weighted by molar-refractivity contribution is 0.154. The fraction of sp³-hybridized carbons (Fsp3) is 0.647. The first kappa shape index (κ1) is 16.1. The van der Waals surface area contributed by atoms with Crippen LogP contribution in [0.4, 0.5) is 0 Å². The van der Waals surface area contributed by atoms with E-state index in [2.05, 4.69) is 29.3 Å². The van der Waals surface area contributed by atoms with Crippen LogP contribution in [0.2, 0.25) is 0 Å². The highest BCUT2D eigenvalue weighted by Crippen LogP contribution is 2.28. The lowest BCUT2D eigenvalue weighted by atomic mass is 10.0. The van der Waals surface area contributed by atoms with Crippen molar-refractivity contribution in [1.82, 2.24) is 10.2 Å². The topological polar surface area (TPSA) is 33.7 Å². The van der Waals surface area contributed by atoms with Gasteiger partial charge in [0.15, 0.2) is 11.5 Å². The molecule has 0 spiro atoms. The van der Waals surface area contributed by atoms with Crippen molar-refractivity contribution in [3.63, 3.8) is 0 Å². The fourth-order valence-electron chi connectivity index (χ4n) is 3.06. The van der Waals surface area contributed by atoms with Gasteiger partial charge in [-0.05, 0) is 56.6 Å². The molecule has 4 heteroatoms. The molecule has 0 aromatic heterocycles. The predicted molar refractivity (Wildman–Crippen MR) is 86.1 cm³/mol. The first-order valence-electron chi connectivity index (χ1n) is 7.94. The van der Waals surface area contributed by atoms with E-state index < -0.39 is 0 Å². The second kappa shape index (κ2) is 8.25. The first-order valence-corrected chi connectivity index (χ1v) is 7.94. The molecule has 0 unspecified atom stereocenters. The molecule has 0 atom stereocenters. The Morgan fingerprint density at radius 3 is 2.48 bits per heavy atom. The number of hydrogen-bond donors (Lipinski definition) is 1. The SMILES string of the molecule is CCCN(Cc1ccc(OC)c(OC)c1)C1CCNCC1. The van der Waals surface area contributed by atoms with E-state index >= 15 is 0 Å². The van der Waals surface area contributed by atoms with Crippen molar-refractivity contribution in [1.29, 1.82) is 0 Å². The minimum Gasteiger partial charge on any atom is -0.493 e. The van der Waals surface area contributed by atoms with Gasteiger partial charge >= 0.3 is 0 Å². The van der Waals surface area contributed by atoms with Crippen LogP contribution in [0.5, 0.6) is 11.5 Å². The van der Waals surface area contributed by atoms with Crippen molar-refractivity contribution in [3.8, 4) is 11.5 Å². The molecule has 1 heterocycles. The van der Waals surface area contributed by atoms with Gasteiger partial charge in [-0.3, -0.25) is 4.90 Å². The molecule has 0 aliphatic carbocycles. The molecule has 0 bridgehead atoms. The summed E-state index contributed by atoms with van der Waals surface area (Å²) in [4.78, 5) is 2.61. The number of rotatable bonds is 7. The summed E-state index contributed by atoms with van der Waals surface area (Å²) in [7, 11) is 3.37. The van der Waals surface area contributed by atoms with Crippen LogP contribution in [0.3, 0.4) is 0 Å². The normalized spacial score (nSPS) is 16.2. The molecule has 1 aromatic carbocycles. The molecule has 0 saturated carbocycles. The van der Waals surface area contributed by atoms with Crippen LogP contribution in [-0.2, 0) is 6.54 Å². The van der Waals surface area contributed by atoms with Crippen LogP contribution in [0, 0.1) is 0 Å². The molecule has 1 fully saturated rings. The Hall–Kier alpha value is -1.26. The van der Waals surface area contributed by atoms with Crippen LogP contribution in [0.25, 0.3) is 0 Å². The van der Waals surface area contributed by atoms with Gasteiger partial charge in [0.1, 0.15) is 0 Å². The highest BCUT2D eigenvalue weighted by molar-refractivity contribution is 5.42. The van der Waals surface area contributed by atoms with Crippen LogP contribution in [0.15, 0.2) is 18.2 Å². The highest BCUT2D eigenvalue weighted by Gasteiger charge is 2.20. The fourth-order valence-corrected chi connectivity index (χ4v) is 3.06. The Labute approximate surface area is 128 Å². The van der Waals surface area contributed by atoms with E-state index in [1.54, 1.807) is 14.2 Å². The minimum absolute atomic E-state index is 0.694. The van der Waals surface area contributed by atoms with Crippen molar-refractivity contribution in [3.05, 3.63) is 23.8 Å². The average Bonchev–Trinajstić information content (AvgIpc) is 2.55. The molecule has 4 nitrogen and oxygen atoms in total. The number of hydrogen-bond acceptors (Lipinski definition) is 4. The molecule has 2 rings (SSSR count). The third-order valence-electron chi connectivity index (χ3n) is 4.17. The molecular formula is C17H28N2O2. The lowest BCUT2D eigenvalue weighted by Crippen LogP contribution is -2.43. The van der Waals surface area contributed by atoms with Gasteiger partial charge in [-0.2, -0.15) is 0 Å².